The number of halogens is 1. The highest BCUT2D eigenvalue weighted by Gasteiger charge is 2.38. The van der Waals surface area contributed by atoms with E-state index in [0.29, 0.717) is 38.6 Å². The van der Waals surface area contributed by atoms with Crippen molar-refractivity contribution >= 4 is 22.6 Å². The van der Waals surface area contributed by atoms with E-state index >= 15 is 0 Å². The fraction of sp³-hybridized carbons (Fsp3) is 0.667. The van der Waals surface area contributed by atoms with Gasteiger partial charge in [-0.25, -0.2) is 0 Å². The first-order chi connectivity index (χ1) is 11.5. The number of hydrogen-bond donors (Lipinski definition) is 1. The molecule has 1 N–H and O–H groups in total. The summed E-state index contributed by atoms with van der Waals surface area (Å²) in [6.07, 6.45) is 3.08. The van der Waals surface area contributed by atoms with Crippen LogP contribution in [-0.4, -0.2) is 49.8 Å². The van der Waals surface area contributed by atoms with Crippen LogP contribution < -0.4 is 5.32 Å². The molecule has 142 valence electrons. The van der Waals surface area contributed by atoms with Crippen LogP contribution in [0.1, 0.15) is 43.9 Å². The van der Waals surface area contributed by atoms with Crippen molar-refractivity contribution in [2.45, 2.75) is 39.2 Å². The Kier molecular flexibility index (Phi) is 7.29. The van der Waals surface area contributed by atoms with Crippen LogP contribution in [0.3, 0.4) is 0 Å². The molecule has 2 atom stereocenters. The van der Waals surface area contributed by atoms with Gasteiger partial charge in [0.2, 0.25) is 0 Å². The second-order valence-electron chi connectivity index (χ2n) is 7.04. The van der Waals surface area contributed by atoms with Crippen LogP contribution in [0.4, 0.5) is 0 Å². The predicted octanol–water partition coefficient (Wildman–Crippen LogP) is 2.59. The van der Waals surface area contributed by atoms with Gasteiger partial charge in [-0.2, -0.15) is 17.0 Å². The second kappa shape index (κ2) is 8.82. The molecule has 0 aliphatic carbocycles. The second-order valence-corrected chi connectivity index (χ2v) is 8.92. The molecular formula is C18H30ClN3O2S. The van der Waals surface area contributed by atoms with Crippen LogP contribution in [0.2, 0.25) is 0 Å². The van der Waals surface area contributed by atoms with Gasteiger partial charge in [0.05, 0.1) is 6.04 Å². The summed E-state index contributed by atoms with van der Waals surface area (Å²) in [5, 5.41) is 3.35. The average Bonchev–Trinajstić information content (AvgIpc) is 2.62. The lowest BCUT2D eigenvalue weighted by atomic mass is 10.0. The fourth-order valence-electron chi connectivity index (χ4n) is 3.73. The highest BCUT2D eigenvalue weighted by molar-refractivity contribution is 7.86. The summed E-state index contributed by atoms with van der Waals surface area (Å²) >= 11 is 0. The van der Waals surface area contributed by atoms with Crippen molar-refractivity contribution in [2.24, 2.45) is 5.92 Å². The molecule has 0 bridgehead atoms. The zero-order chi connectivity index (χ0) is 17.2. The predicted molar refractivity (Wildman–Crippen MR) is 104 cm³/mol. The Bertz CT molecular complexity index is 651. The third kappa shape index (κ3) is 4.55. The maximum atomic E-state index is 13.2. The van der Waals surface area contributed by atoms with Gasteiger partial charge in [-0.1, -0.05) is 38.1 Å². The normalized spacial score (nSPS) is 26.2. The topological polar surface area (TPSA) is 52.7 Å². The summed E-state index contributed by atoms with van der Waals surface area (Å²) in [5.41, 5.74) is 2.36. The smallest absolute Gasteiger partial charge is 0.282 e. The molecule has 2 aliphatic rings. The molecule has 0 amide bonds. The molecule has 1 aromatic rings. The van der Waals surface area contributed by atoms with Crippen molar-refractivity contribution in [2.75, 3.05) is 32.7 Å². The van der Waals surface area contributed by atoms with E-state index in [1.165, 1.54) is 5.56 Å². The molecular weight excluding hydrogens is 358 g/mol. The summed E-state index contributed by atoms with van der Waals surface area (Å²) in [6.45, 7) is 7.49. The number of piperazine rings is 1. The van der Waals surface area contributed by atoms with Crippen LogP contribution in [0, 0.1) is 5.92 Å². The van der Waals surface area contributed by atoms with E-state index in [0.717, 1.165) is 24.8 Å². The molecule has 3 rings (SSSR count). The van der Waals surface area contributed by atoms with Crippen LogP contribution >= 0.6 is 12.4 Å². The van der Waals surface area contributed by atoms with Gasteiger partial charge in [0.15, 0.2) is 0 Å². The van der Waals surface area contributed by atoms with E-state index in [9.17, 15) is 8.42 Å². The Morgan fingerprint density at radius 3 is 2.56 bits per heavy atom. The zero-order valence-electron chi connectivity index (χ0n) is 15.1. The molecule has 2 unspecified atom stereocenters. The third-order valence-electron chi connectivity index (χ3n) is 5.21. The molecule has 0 spiro atoms. The Balaban J connectivity index is 0.00000225. The summed E-state index contributed by atoms with van der Waals surface area (Å²) in [4.78, 5) is 0. The third-order valence-corrected chi connectivity index (χ3v) is 7.22. The van der Waals surface area contributed by atoms with E-state index in [-0.39, 0.29) is 18.4 Å². The van der Waals surface area contributed by atoms with Crippen molar-refractivity contribution in [1.82, 2.24) is 13.9 Å². The van der Waals surface area contributed by atoms with Crippen molar-refractivity contribution in [3.05, 3.63) is 35.4 Å². The number of hydrogen-bond acceptors (Lipinski definition) is 3. The lowest BCUT2D eigenvalue weighted by Gasteiger charge is -2.40. The summed E-state index contributed by atoms with van der Waals surface area (Å²) < 4.78 is 29.8. The standard InChI is InChI=1S/C18H29N3O2S.ClH/c1-3-16-6-8-17(9-7-16)18-13-19-10-12-21(18)24(22,23)20-11-4-5-15(2)14-20;/h6-9,15,18-19H,3-5,10-14H2,1-2H3;1H. The van der Waals surface area contributed by atoms with Crippen LogP contribution in [-0.2, 0) is 16.6 Å². The van der Waals surface area contributed by atoms with Crippen LogP contribution in [0.5, 0.6) is 0 Å². The molecule has 2 saturated heterocycles. The molecule has 25 heavy (non-hydrogen) atoms. The molecule has 2 fully saturated rings. The number of piperidine rings is 1. The van der Waals surface area contributed by atoms with Gasteiger partial charge < -0.3 is 5.32 Å². The molecule has 2 heterocycles. The summed E-state index contributed by atoms with van der Waals surface area (Å²) in [5.74, 6) is 0.443. The first kappa shape index (κ1) is 20.6. The molecule has 7 heteroatoms. The van der Waals surface area contributed by atoms with E-state index in [1.54, 1.807) is 8.61 Å². The highest BCUT2D eigenvalue weighted by Crippen LogP contribution is 2.29. The molecule has 0 radical (unpaired) electrons. The Morgan fingerprint density at radius 2 is 1.92 bits per heavy atom. The molecule has 5 nitrogen and oxygen atoms in total. The fourth-order valence-corrected chi connectivity index (χ4v) is 5.66. The van der Waals surface area contributed by atoms with Crippen molar-refractivity contribution in [3.8, 4) is 0 Å². The Hall–Kier alpha value is -0.660. The lowest BCUT2D eigenvalue weighted by Crippen LogP contribution is -2.54. The largest absolute Gasteiger partial charge is 0.313 e. The quantitative estimate of drug-likeness (QED) is 0.863. The summed E-state index contributed by atoms with van der Waals surface area (Å²) in [7, 11) is -3.40. The minimum absolute atomic E-state index is 0. The highest BCUT2D eigenvalue weighted by atomic mass is 35.5. The molecule has 2 aliphatic heterocycles. The van der Waals surface area contributed by atoms with Gasteiger partial charge in [-0.05, 0) is 36.3 Å². The van der Waals surface area contributed by atoms with Crippen molar-refractivity contribution in [1.29, 1.82) is 0 Å². The lowest BCUT2D eigenvalue weighted by molar-refractivity contribution is 0.220. The number of nitrogens with zero attached hydrogens (tertiary/aromatic N) is 2. The first-order valence-electron chi connectivity index (χ1n) is 9.09. The van der Waals surface area contributed by atoms with Gasteiger partial charge in [-0.15, -0.1) is 12.4 Å². The van der Waals surface area contributed by atoms with E-state index in [2.05, 4.69) is 43.4 Å². The number of aryl methyl sites for hydroxylation is 1. The SMILES string of the molecule is CCc1ccc(C2CNCCN2S(=O)(=O)N2CCCC(C)C2)cc1.Cl. The van der Waals surface area contributed by atoms with Gasteiger partial charge in [0, 0.05) is 32.7 Å². The van der Waals surface area contributed by atoms with Crippen LogP contribution in [0.25, 0.3) is 0 Å². The first-order valence-corrected chi connectivity index (χ1v) is 10.5. The van der Waals surface area contributed by atoms with Crippen molar-refractivity contribution in [3.63, 3.8) is 0 Å². The van der Waals surface area contributed by atoms with Crippen molar-refractivity contribution < 1.29 is 8.42 Å². The Labute approximate surface area is 158 Å². The number of rotatable bonds is 4. The van der Waals surface area contributed by atoms with E-state index in [4.69, 9.17) is 0 Å². The zero-order valence-corrected chi connectivity index (χ0v) is 16.8. The summed E-state index contributed by atoms with van der Waals surface area (Å²) in [6, 6.07) is 8.26. The average molecular weight is 388 g/mol. The van der Waals surface area contributed by atoms with Gasteiger partial charge >= 0.3 is 0 Å². The number of nitrogens with one attached hydrogen (secondary N) is 1. The minimum atomic E-state index is -3.40. The molecule has 0 aromatic heterocycles. The Morgan fingerprint density at radius 1 is 1.20 bits per heavy atom. The minimum Gasteiger partial charge on any atom is -0.313 e. The van der Waals surface area contributed by atoms with Gasteiger partial charge in [0.25, 0.3) is 10.2 Å². The molecule has 0 saturated carbocycles. The molecule has 1 aromatic carbocycles. The van der Waals surface area contributed by atoms with Gasteiger partial charge in [-0.3, -0.25) is 0 Å². The number of benzene rings is 1. The van der Waals surface area contributed by atoms with E-state index < -0.39 is 10.2 Å². The van der Waals surface area contributed by atoms with E-state index in [1.807, 2.05) is 0 Å². The van der Waals surface area contributed by atoms with Crippen LogP contribution in [0.15, 0.2) is 24.3 Å². The maximum absolute atomic E-state index is 13.2. The monoisotopic (exact) mass is 387 g/mol. The van der Waals surface area contributed by atoms with Gasteiger partial charge in [0.1, 0.15) is 0 Å². The maximum Gasteiger partial charge on any atom is 0.282 e.